The van der Waals surface area contributed by atoms with Gasteiger partial charge in [0.05, 0.1) is 12.3 Å². The standard InChI is InChI=1S/C9H12N4OS/c1-2-8-12-13-9(15-8)3-7(14)6-4-10-11-5-6/h4-5,7,14H,2-3H2,1H3,(H,10,11). The zero-order valence-corrected chi connectivity index (χ0v) is 9.16. The van der Waals surface area contributed by atoms with Crippen LogP contribution in [0.15, 0.2) is 12.4 Å². The van der Waals surface area contributed by atoms with Crippen LogP contribution in [0.3, 0.4) is 0 Å². The first-order chi connectivity index (χ1) is 7.29. The van der Waals surface area contributed by atoms with Crippen LogP contribution in [-0.4, -0.2) is 25.5 Å². The van der Waals surface area contributed by atoms with Gasteiger partial charge in [-0.2, -0.15) is 5.10 Å². The average molecular weight is 224 g/mol. The van der Waals surface area contributed by atoms with E-state index >= 15 is 0 Å². The molecule has 0 saturated heterocycles. The van der Waals surface area contributed by atoms with Crippen LogP contribution in [0.2, 0.25) is 0 Å². The number of aliphatic hydroxyl groups is 1. The van der Waals surface area contributed by atoms with Crippen LogP contribution in [0.25, 0.3) is 0 Å². The lowest BCUT2D eigenvalue weighted by Crippen LogP contribution is -2.00. The summed E-state index contributed by atoms with van der Waals surface area (Å²) < 4.78 is 0. The van der Waals surface area contributed by atoms with E-state index in [2.05, 4.69) is 20.4 Å². The SMILES string of the molecule is CCc1nnc(CC(O)c2cn[nH]c2)s1. The molecule has 0 aliphatic carbocycles. The highest BCUT2D eigenvalue weighted by Crippen LogP contribution is 2.19. The monoisotopic (exact) mass is 224 g/mol. The average Bonchev–Trinajstić information content (AvgIpc) is 2.87. The van der Waals surface area contributed by atoms with Crippen molar-refractivity contribution in [1.82, 2.24) is 20.4 Å². The zero-order valence-electron chi connectivity index (χ0n) is 8.34. The van der Waals surface area contributed by atoms with Gasteiger partial charge < -0.3 is 5.11 Å². The normalized spacial score (nSPS) is 12.9. The molecule has 1 unspecified atom stereocenters. The highest BCUT2D eigenvalue weighted by molar-refractivity contribution is 7.11. The molecular weight excluding hydrogens is 212 g/mol. The summed E-state index contributed by atoms with van der Waals surface area (Å²) in [6.07, 6.45) is 4.14. The molecule has 2 N–H and O–H groups in total. The first-order valence-electron chi connectivity index (χ1n) is 4.77. The van der Waals surface area contributed by atoms with E-state index in [4.69, 9.17) is 0 Å². The van der Waals surface area contributed by atoms with E-state index in [9.17, 15) is 5.11 Å². The lowest BCUT2D eigenvalue weighted by atomic mass is 10.1. The summed E-state index contributed by atoms with van der Waals surface area (Å²) in [5, 5.41) is 26.2. The Hall–Kier alpha value is -1.27. The van der Waals surface area contributed by atoms with Crippen molar-refractivity contribution < 1.29 is 5.11 Å². The number of aromatic amines is 1. The van der Waals surface area contributed by atoms with Gasteiger partial charge in [-0.3, -0.25) is 5.10 Å². The van der Waals surface area contributed by atoms with Crippen LogP contribution >= 0.6 is 11.3 Å². The summed E-state index contributed by atoms with van der Waals surface area (Å²) in [7, 11) is 0. The molecule has 0 radical (unpaired) electrons. The number of nitrogens with one attached hydrogen (secondary N) is 1. The number of aromatic nitrogens is 4. The van der Waals surface area contributed by atoms with Crippen molar-refractivity contribution in [3.05, 3.63) is 28.0 Å². The van der Waals surface area contributed by atoms with Gasteiger partial charge in [0.1, 0.15) is 10.0 Å². The van der Waals surface area contributed by atoms with Gasteiger partial charge in [-0.25, -0.2) is 0 Å². The van der Waals surface area contributed by atoms with Crippen molar-refractivity contribution in [3.8, 4) is 0 Å². The minimum atomic E-state index is -0.554. The first kappa shape index (κ1) is 10.3. The van der Waals surface area contributed by atoms with Crippen LogP contribution < -0.4 is 0 Å². The minimum absolute atomic E-state index is 0.497. The maximum atomic E-state index is 9.82. The number of H-pyrrole nitrogens is 1. The second-order valence-electron chi connectivity index (χ2n) is 3.19. The van der Waals surface area contributed by atoms with Crippen LogP contribution in [0.4, 0.5) is 0 Å². The van der Waals surface area contributed by atoms with Crippen molar-refractivity contribution in [2.45, 2.75) is 25.9 Å². The van der Waals surface area contributed by atoms with E-state index in [1.165, 1.54) is 0 Å². The summed E-state index contributed by atoms with van der Waals surface area (Å²) in [6.45, 7) is 2.04. The van der Waals surface area contributed by atoms with Crippen LogP contribution in [0, 0.1) is 0 Å². The van der Waals surface area contributed by atoms with E-state index in [-0.39, 0.29) is 0 Å². The smallest absolute Gasteiger partial charge is 0.120 e. The van der Waals surface area contributed by atoms with Gasteiger partial charge in [-0.1, -0.05) is 6.92 Å². The van der Waals surface area contributed by atoms with Gasteiger partial charge in [0, 0.05) is 18.2 Å². The van der Waals surface area contributed by atoms with Gasteiger partial charge in [-0.15, -0.1) is 21.5 Å². The molecule has 80 valence electrons. The number of aliphatic hydroxyl groups excluding tert-OH is 1. The quantitative estimate of drug-likeness (QED) is 0.815. The van der Waals surface area contributed by atoms with Crippen molar-refractivity contribution in [1.29, 1.82) is 0 Å². The molecule has 6 heteroatoms. The third-order valence-electron chi connectivity index (χ3n) is 2.08. The predicted octanol–water partition coefficient (Wildman–Crippen LogP) is 1.10. The summed E-state index contributed by atoms with van der Waals surface area (Å²) in [5.41, 5.74) is 0.781. The molecule has 2 aromatic rings. The number of aryl methyl sites for hydroxylation is 1. The summed E-state index contributed by atoms with van der Waals surface area (Å²) in [6, 6.07) is 0. The molecule has 0 bridgehead atoms. The summed E-state index contributed by atoms with van der Waals surface area (Å²) in [4.78, 5) is 0. The number of nitrogens with zero attached hydrogens (tertiary/aromatic N) is 3. The van der Waals surface area contributed by atoms with Crippen molar-refractivity contribution >= 4 is 11.3 Å². The molecule has 1 atom stereocenters. The lowest BCUT2D eigenvalue weighted by Gasteiger charge is -2.03. The fourth-order valence-corrected chi connectivity index (χ4v) is 2.06. The molecule has 0 aliphatic heterocycles. The van der Waals surface area contributed by atoms with E-state index < -0.39 is 6.10 Å². The number of rotatable bonds is 4. The molecule has 2 heterocycles. The second-order valence-corrected chi connectivity index (χ2v) is 4.34. The van der Waals surface area contributed by atoms with E-state index in [1.807, 2.05) is 6.92 Å². The Kier molecular flexibility index (Phi) is 3.08. The molecule has 0 saturated carbocycles. The molecule has 15 heavy (non-hydrogen) atoms. The highest BCUT2D eigenvalue weighted by atomic mass is 32.1. The minimum Gasteiger partial charge on any atom is -0.388 e. The van der Waals surface area contributed by atoms with E-state index in [1.54, 1.807) is 23.7 Å². The lowest BCUT2D eigenvalue weighted by molar-refractivity contribution is 0.178. The highest BCUT2D eigenvalue weighted by Gasteiger charge is 2.12. The Balaban J connectivity index is 2.02. The Labute approximate surface area is 91.2 Å². The van der Waals surface area contributed by atoms with Crippen molar-refractivity contribution in [2.75, 3.05) is 0 Å². The topological polar surface area (TPSA) is 74.7 Å². The van der Waals surface area contributed by atoms with E-state index in [0.29, 0.717) is 6.42 Å². The fourth-order valence-electron chi connectivity index (χ4n) is 1.24. The van der Waals surface area contributed by atoms with Gasteiger partial charge in [0.15, 0.2) is 0 Å². The van der Waals surface area contributed by atoms with Gasteiger partial charge in [0.25, 0.3) is 0 Å². The second kappa shape index (κ2) is 4.50. The third-order valence-corrected chi connectivity index (χ3v) is 3.17. The Morgan fingerprint density at radius 2 is 2.27 bits per heavy atom. The summed E-state index contributed by atoms with van der Waals surface area (Å²) >= 11 is 1.55. The number of hydrogen-bond acceptors (Lipinski definition) is 5. The maximum absolute atomic E-state index is 9.82. The fraction of sp³-hybridized carbons (Fsp3) is 0.444. The van der Waals surface area contributed by atoms with Crippen molar-refractivity contribution in [2.24, 2.45) is 0 Å². The third kappa shape index (κ3) is 2.40. The van der Waals surface area contributed by atoms with Gasteiger partial charge in [-0.05, 0) is 6.42 Å². The van der Waals surface area contributed by atoms with Crippen LogP contribution in [0.5, 0.6) is 0 Å². The molecule has 5 nitrogen and oxygen atoms in total. The molecule has 2 rings (SSSR count). The Morgan fingerprint density at radius 1 is 1.47 bits per heavy atom. The van der Waals surface area contributed by atoms with Crippen LogP contribution in [0.1, 0.15) is 28.6 Å². The van der Waals surface area contributed by atoms with Gasteiger partial charge in [0.2, 0.25) is 0 Å². The molecule has 0 amide bonds. The number of hydrogen-bond donors (Lipinski definition) is 2. The largest absolute Gasteiger partial charge is 0.388 e. The molecular formula is C9H12N4OS. The predicted molar refractivity (Wildman–Crippen MR) is 56.5 cm³/mol. The zero-order chi connectivity index (χ0) is 10.7. The first-order valence-corrected chi connectivity index (χ1v) is 5.59. The maximum Gasteiger partial charge on any atom is 0.120 e. The van der Waals surface area contributed by atoms with Crippen molar-refractivity contribution in [3.63, 3.8) is 0 Å². The van der Waals surface area contributed by atoms with E-state index in [0.717, 1.165) is 22.0 Å². The Bertz CT molecular complexity index is 411. The molecule has 0 spiro atoms. The summed E-state index contributed by atoms with van der Waals surface area (Å²) in [5.74, 6) is 0. The molecule has 0 aliphatic rings. The van der Waals surface area contributed by atoms with Gasteiger partial charge >= 0.3 is 0 Å². The molecule has 0 fully saturated rings. The molecule has 2 aromatic heterocycles. The van der Waals surface area contributed by atoms with Crippen LogP contribution in [-0.2, 0) is 12.8 Å². The molecule has 0 aromatic carbocycles. The Morgan fingerprint density at radius 3 is 2.87 bits per heavy atom.